The maximum atomic E-state index is 9.19. The normalized spacial score (nSPS) is 21.9. The molecule has 1 heterocycles. The minimum Gasteiger partial charge on any atom is -0.508 e. The third-order valence-electron chi connectivity index (χ3n) is 1.80. The lowest BCUT2D eigenvalue weighted by molar-refractivity contribution is 0.415. The lowest BCUT2D eigenvalue weighted by Gasteiger charge is -1.97. The highest BCUT2D eigenvalue weighted by Gasteiger charge is 2.24. The molecule has 1 aliphatic rings. The van der Waals surface area contributed by atoms with E-state index >= 15 is 0 Å². The number of hydrogen-bond donors (Lipinski definition) is 1. The first kappa shape index (κ1) is 7.99. The van der Waals surface area contributed by atoms with Gasteiger partial charge in [0.25, 0.3) is 0 Å². The maximum absolute atomic E-state index is 9.19. The van der Waals surface area contributed by atoms with Gasteiger partial charge in [-0.15, -0.1) is 0 Å². The van der Waals surface area contributed by atoms with E-state index in [0.717, 1.165) is 5.75 Å². The molecule has 1 fully saturated rings. The molecular weight excluding hydrogens is 144 g/mol. The molecule has 1 N–H and O–H groups in total. The first-order valence-electron chi connectivity index (χ1n) is 3.81. The summed E-state index contributed by atoms with van der Waals surface area (Å²) < 4.78 is 0. The fourth-order valence-electron chi connectivity index (χ4n) is 1.15. The number of aliphatic hydroxyl groups is 1. The fourth-order valence-corrected chi connectivity index (χ4v) is 3.45. The van der Waals surface area contributed by atoms with E-state index in [2.05, 4.69) is 0 Å². The number of hydrogen-bond acceptors (Lipinski definition) is 1. The van der Waals surface area contributed by atoms with Crippen molar-refractivity contribution in [2.45, 2.75) is 19.8 Å². The Morgan fingerprint density at radius 2 is 2.10 bits per heavy atom. The molecule has 1 aliphatic heterocycles. The molecule has 0 radical (unpaired) electrons. The summed E-state index contributed by atoms with van der Waals surface area (Å²) >= 11 is 0. The SMILES string of the molecule is CC=C(O)C[S+]1CCCC1. The molecule has 0 spiro atoms. The van der Waals surface area contributed by atoms with Crippen LogP contribution in [0.25, 0.3) is 0 Å². The van der Waals surface area contributed by atoms with Gasteiger partial charge in [0.15, 0.2) is 5.75 Å². The molecule has 10 heavy (non-hydrogen) atoms. The number of aliphatic hydroxyl groups excluding tert-OH is 1. The summed E-state index contributed by atoms with van der Waals surface area (Å²) in [6.45, 7) is 1.90. The van der Waals surface area contributed by atoms with Crippen LogP contribution in [-0.2, 0) is 10.9 Å². The van der Waals surface area contributed by atoms with E-state index in [9.17, 15) is 5.11 Å². The predicted molar refractivity (Wildman–Crippen MR) is 47.6 cm³/mol. The maximum Gasteiger partial charge on any atom is 0.164 e. The Balaban J connectivity index is 2.24. The van der Waals surface area contributed by atoms with Crippen LogP contribution in [0.1, 0.15) is 19.8 Å². The Hall–Kier alpha value is -0.110. The van der Waals surface area contributed by atoms with Crippen LogP contribution in [0.4, 0.5) is 0 Å². The molecule has 58 valence electrons. The second kappa shape index (κ2) is 3.91. The van der Waals surface area contributed by atoms with Gasteiger partial charge in [-0.3, -0.25) is 0 Å². The molecule has 0 amide bonds. The van der Waals surface area contributed by atoms with Crippen molar-refractivity contribution in [3.05, 3.63) is 11.8 Å². The van der Waals surface area contributed by atoms with Gasteiger partial charge in [-0.05, 0) is 36.7 Å². The van der Waals surface area contributed by atoms with Gasteiger partial charge in [0, 0.05) is 0 Å². The minimum atomic E-state index is 0.524. The first-order chi connectivity index (χ1) is 4.83. The summed E-state index contributed by atoms with van der Waals surface area (Å²) in [7, 11) is 0.524. The summed E-state index contributed by atoms with van der Waals surface area (Å²) in [4.78, 5) is 0. The molecule has 0 aromatic heterocycles. The van der Waals surface area contributed by atoms with Crippen molar-refractivity contribution in [2.75, 3.05) is 17.3 Å². The van der Waals surface area contributed by atoms with Crippen molar-refractivity contribution in [1.29, 1.82) is 0 Å². The third-order valence-corrected chi connectivity index (χ3v) is 4.24. The van der Waals surface area contributed by atoms with Crippen LogP contribution in [0.15, 0.2) is 11.8 Å². The largest absolute Gasteiger partial charge is 0.508 e. The van der Waals surface area contributed by atoms with Crippen LogP contribution < -0.4 is 0 Å². The smallest absolute Gasteiger partial charge is 0.164 e. The fraction of sp³-hybridized carbons (Fsp3) is 0.750. The highest BCUT2D eigenvalue weighted by Crippen LogP contribution is 2.15. The molecule has 0 unspecified atom stereocenters. The molecule has 0 bridgehead atoms. The van der Waals surface area contributed by atoms with Gasteiger partial charge in [-0.25, -0.2) is 0 Å². The summed E-state index contributed by atoms with van der Waals surface area (Å²) in [5.74, 6) is 4.22. The molecule has 1 rings (SSSR count). The zero-order valence-corrected chi connectivity index (χ0v) is 7.28. The van der Waals surface area contributed by atoms with Crippen LogP contribution in [0.3, 0.4) is 0 Å². The second-order valence-corrected chi connectivity index (χ2v) is 4.98. The lowest BCUT2D eigenvalue weighted by Crippen LogP contribution is -2.10. The van der Waals surface area contributed by atoms with Crippen LogP contribution >= 0.6 is 0 Å². The van der Waals surface area contributed by atoms with Crippen molar-refractivity contribution in [2.24, 2.45) is 0 Å². The summed E-state index contributed by atoms with van der Waals surface area (Å²) in [5, 5.41) is 9.19. The van der Waals surface area contributed by atoms with E-state index in [1.807, 2.05) is 13.0 Å². The van der Waals surface area contributed by atoms with Crippen LogP contribution in [-0.4, -0.2) is 22.4 Å². The van der Waals surface area contributed by atoms with Crippen molar-refractivity contribution in [3.63, 3.8) is 0 Å². The summed E-state index contributed by atoms with van der Waals surface area (Å²) in [6.07, 6.45) is 4.56. The van der Waals surface area contributed by atoms with E-state index in [1.165, 1.54) is 24.3 Å². The molecule has 0 aromatic carbocycles. The highest BCUT2D eigenvalue weighted by atomic mass is 32.2. The third kappa shape index (κ3) is 2.25. The molecule has 2 heteroatoms. The standard InChI is InChI=1S/C8H14OS/c1-2-8(9)7-10-5-3-4-6-10/h2H,3-7H2,1H3/p+1. The number of allylic oxidation sites excluding steroid dienone is 1. The van der Waals surface area contributed by atoms with E-state index in [4.69, 9.17) is 0 Å². The van der Waals surface area contributed by atoms with Crippen LogP contribution in [0.2, 0.25) is 0 Å². The Labute approximate surface area is 65.5 Å². The lowest BCUT2D eigenvalue weighted by atomic mass is 10.4. The van der Waals surface area contributed by atoms with Crippen molar-refractivity contribution < 1.29 is 5.11 Å². The van der Waals surface area contributed by atoms with Gasteiger partial charge in [-0.2, -0.15) is 0 Å². The first-order valence-corrected chi connectivity index (χ1v) is 5.54. The van der Waals surface area contributed by atoms with Gasteiger partial charge in [0.05, 0.1) is 0 Å². The van der Waals surface area contributed by atoms with E-state index in [0.29, 0.717) is 16.7 Å². The molecule has 0 atom stereocenters. The Morgan fingerprint density at radius 3 is 2.60 bits per heavy atom. The molecular formula is C8H15OS+. The van der Waals surface area contributed by atoms with Crippen molar-refractivity contribution >= 4 is 10.9 Å². The number of rotatable bonds is 2. The molecule has 1 nitrogen and oxygen atoms in total. The highest BCUT2D eigenvalue weighted by molar-refractivity contribution is 7.97. The van der Waals surface area contributed by atoms with Gasteiger partial charge in [0.2, 0.25) is 0 Å². The Bertz CT molecular complexity index is 125. The average molecular weight is 159 g/mol. The Kier molecular flexibility index (Phi) is 3.13. The summed E-state index contributed by atoms with van der Waals surface area (Å²) in [5.41, 5.74) is 0. The molecule has 0 aromatic rings. The van der Waals surface area contributed by atoms with Gasteiger partial charge >= 0.3 is 0 Å². The monoisotopic (exact) mass is 159 g/mol. The molecule has 0 aliphatic carbocycles. The van der Waals surface area contributed by atoms with Gasteiger partial charge in [0.1, 0.15) is 17.3 Å². The minimum absolute atomic E-state index is 0.524. The second-order valence-electron chi connectivity index (χ2n) is 2.65. The van der Waals surface area contributed by atoms with E-state index < -0.39 is 0 Å². The quantitative estimate of drug-likeness (QED) is 0.481. The zero-order chi connectivity index (χ0) is 7.40. The van der Waals surface area contributed by atoms with Crippen molar-refractivity contribution in [1.82, 2.24) is 0 Å². The van der Waals surface area contributed by atoms with Gasteiger partial charge < -0.3 is 5.11 Å². The Morgan fingerprint density at radius 1 is 1.50 bits per heavy atom. The van der Waals surface area contributed by atoms with Gasteiger partial charge in [-0.1, -0.05) is 0 Å². The van der Waals surface area contributed by atoms with E-state index in [-0.39, 0.29) is 0 Å². The molecule has 1 saturated heterocycles. The average Bonchev–Trinajstić information content (AvgIpc) is 2.40. The zero-order valence-electron chi connectivity index (χ0n) is 6.47. The molecule has 0 saturated carbocycles. The van der Waals surface area contributed by atoms with Crippen molar-refractivity contribution in [3.8, 4) is 0 Å². The van der Waals surface area contributed by atoms with E-state index in [1.54, 1.807) is 0 Å². The predicted octanol–water partition coefficient (Wildman–Crippen LogP) is 1.86. The van der Waals surface area contributed by atoms with Crippen LogP contribution in [0.5, 0.6) is 0 Å². The summed E-state index contributed by atoms with van der Waals surface area (Å²) in [6, 6.07) is 0. The topological polar surface area (TPSA) is 20.2 Å². The van der Waals surface area contributed by atoms with Crippen LogP contribution in [0, 0.1) is 0 Å².